The zero-order valence-electron chi connectivity index (χ0n) is 13.7. The van der Waals surface area contributed by atoms with Gasteiger partial charge in [-0.25, -0.2) is 9.97 Å². The Kier molecular flexibility index (Phi) is 4.16. The van der Waals surface area contributed by atoms with Crippen molar-refractivity contribution in [2.75, 3.05) is 24.5 Å². The quantitative estimate of drug-likeness (QED) is 0.928. The standard InChI is InChI=1S/C17H28N4/c1-17(2,3)20-10-13-6-5-9-21(11-13)16-14-7-4-8-15(14)18-12-19-16/h12-13,20H,4-11H2,1-3H3. The number of anilines is 1. The van der Waals surface area contributed by atoms with E-state index in [2.05, 4.69) is 41.0 Å². The van der Waals surface area contributed by atoms with Gasteiger partial charge in [0.05, 0.1) is 0 Å². The van der Waals surface area contributed by atoms with Gasteiger partial charge in [-0.05, 0) is 58.8 Å². The number of hydrogen-bond donors (Lipinski definition) is 1. The van der Waals surface area contributed by atoms with Gasteiger partial charge >= 0.3 is 0 Å². The van der Waals surface area contributed by atoms with E-state index in [9.17, 15) is 0 Å². The fraction of sp³-hybridized carbons (Fsp3) is 0.765. The van der Waals surface area contributed by atoms with Crippen LogP contribution in [-0.2, 0) is 12.8 Å². The lowest BCUT2D eigenvalue weighted by molar-refractivity contribution is 0.334. The minimum Gasteiger partial charge on any atom is -0.356 e. The Morgan fingerprint density at radius 3 is 2.90 bits per heavy atom. The third-order valence-corrected chi connectivity index (χ3v) is 4.59. The first-order valence-electron chi connectivity index (χ1n) is 8.36. The topological polar surface area (TPSA) is 41.0 Å². The number of hydrogen-bond acceptors (Lipinski definition) is 4. The van der Waals surface area contributed by atoms with E-state index in [0.717, 1.165) is 38.4 Å². The molecular weight excluding hydrogens is 260 g/mol. The molecule has 1 saturated heterocycles. The molecular formula is C17H28N4. The van der Waals surface area contributed by atoms with Crippen molar-refractivity contribution in [3.05, 3.63) is 17.6 Å². The maximum absolute atomic E-state index is 4.61. The largest absolute Gasteiger partial charge is 0.356 e. The molecule has 21 heavy (non-hydrogen) atoms. The van der Waals surface area contributed by atoms with Gasteiger partial charge in [0.2, 0.25) is 0 Å². The second kappa shape index (κ2) is 5.91. The molecule has 0 aromatic carbocycles. The van der Waals surface area contributed by atoms with Crippen LogP contribution in [0.5, 0.6) is 0 Å². The van der Waals surface area contributed by atoms with Gasteiger partial charge in [0.25, 0.3) is 0 Å². The number of fused-ring (bicyclic) bond motifs is 1. The second-order valence-corrected chi connectivity index (χ2v) is 7.56. The zero-order valence-corrected chi connectivity index (χ0v) is 13.7. The fourth-order valence-electron chi connectivity index (χ4n) is 3.49. The number of rotatable bonds is 3. The Bertz CT molecular complexity index is 492. The molecule has 1 aromatic heterocycles. The fourth-order valence-corrected chi connectivity index (χ4v) is 3.49. The van der Waals surface area contributed by atoms with Crippen LogP contribution in [0.2, 0.25) is 0 Å². The highest BCUT2D eigenvalue weighted by molar-refractivity contribution is 5.50. The Balaban J connectivity index is 1.68. The molecule has 3 rings (SSSR count). The van der Waals surface area contributed by atoms with E-state index in [1.54, 1.807) is 6.33 Å². The smallest absolute Gasteiger partial charge is 0.135 e. The van der Waals surface area contributed by atoms with Gasteiger partial charge in [0.15, 0.2) is 0 Å². The SMILES string of the molecule is CC(C)(C)NCC1CCCN(c2ncnc3c2CCC3)C1. The molecule has 116 valence electrons. The molecule has 1 N–H and O–H groups in total. The number of aromatic nitrogens is 2. The highest BCUT2D eigenvalue weighted by atomic mass is 15.2. The molecule has 4 heteroatoms. The van der Waals surface area contributed by atoms with Crippen molar-refractivity contribution in [1.82, 2.24) is 15.3 Å². The van der Waals surface area contributed by atoms with Crippen LogP contribution < -0.4 is 10.2 Å². The van der Waals surface area contributed by atoms with E-state index >= 15 is 0 Å². The first-order valence-corrected chi connectivity index (χ1v) is 8.36. The van der Waals surface area contributed by atoms with Crippen LogP contribution in [0, 0.1) is 5.92 Å². The molecule has 1 aromatic rings. The monoisotopic (exact) mass is 288 g/mol. The molecule has 0 saturated carbocycles. The van der Waals surface area contributed by atoms with E-state index in [0.29, 0.717) is 0 Å². The van der Waals surface area contributed by atoms with Gasteiger partial charge in [-0.2, -0.15) is 0 Å². The van der Waals surface area contributed by atoms with Crippen molar-refractivity contribution >= 4 is 5.82 Å². The lowest BCUT2D eigenvalue weighted by Gasteiger charge is -2.36. The second-order valence-electron chi connectivity index (χ2n) is 7.56. The molecule has 4 nitrogen and oxygen atoms in total. The lowest BCUT2D eigenvalue weighted by atomic mass is 9.96. The van der Waals surface area contributed by atoms with Crippen LogP contribution in [0.4, 0.5) is 5.82 Å². The molecule has 2 heterocycles. The molecule has 1 unspecified atom stereocenters. The summed E-state index contributed by atoms with van der Waals surface area (Å²) in [5, 5.41) is 3.66. The summed E-state index contributed by atoms with van der Waals surface area (Å²) in [4.78, 5) is 11.6. The molecule has 0 spiro atoms. The normalized spacial score (nSPS) is 22.4. The first kappa shape index (κ1) is 14.8. The maximum Gasteiger partial charge on any atom is 0.135 e. The summed E-state index contributed by atoms with van der Waals surface area (Å²) in [5.41, 5.74) is 2.91. The molecule has 0 radical (unpaired) electrons. The maximum atomic E-state index is 4.61. The first-order chi connectivity index (χ1) is 10.0. The molecule has 1 aliphatic carbocycles. The van der Waals surface area contributed by atoms with Crippen molar-refractivity contribution in [1.29, 1.82) is 0 Å². The van der Waals surface area contributed by atoms with E-state index in [1.807, 2.05) is 0 Å². The summed E-state index contributed by atoms with van der Waals surface area (Å²) in [6.07, 6.45) is 7.89. The number of nitrogens with zero attached hydrogens (tertiary/aromatic N) is 3. The number of nitrogens with one attached hydrogen (secondary N) is 1. The molecule has 2 aliphatic rings. The molecule has 0 bridgehead atoms. The average molecular weight is 288 g/mol. The van der Waals surface area contributed by atoms with E-state index in [4.69, 9.17) is 0 Å². The van der Waals surface area contributed by atoms with Gasteiger partial charge in [-0.1, -0.05) is 0 Å². The average Bonchev–Trinajstić information content (AvgIpc) is 2.93. The summed E-state index contributed by atoms with van der Waals surface area (Å²) in [5.74, 6) is 1.95. The molecule has 1 fully saturated rings. The minimum atomic E-state index is 0.207. The Morgan fingerprint density at radius 1 is 1.24 bits per heavy atom. The summed E-state index contributed by atoms with van der Waals surface area (Å²) in [6.45, 7) is 10.1. The highest BCUT2D eigenvalue weighted by Gasteiger charge is 2.26. The lowest BCUT2D eigenvalue weighted by Crippen LogP contribution is -2.45. The summed E-state index contributed by atoms with van der Waals surface area (Å²) < 4.78 is 0. The van der Waals surface area contributed by atoms with Crippen LogP contribution in [0.1, 0.15) is 51.3 Å². The summed E-state index contributed by atoms with van der Waals surface area (Å²) >= 11 is 0. The Labute approximate surface area is 128 Å². The number of aryl methyl sites for hydroxylation is 1. The van der Waals surface area contributed by atoms with Crippen molar-refractivity contribution in [3.63, 3.8) is 0 Å². The predicted molar refractivity (Wildman–Crippen MR) is 86.7 cm³/mol. The van der Waals surface area contributed by atoms with Gasteiger partial charge < -0.3 is 10.2 Å². The zero-order chi connectivity index (χ0) is 14.9. The van der Waals surface area contributed by atoms with Crippen LogP contribution >= 0.6 is 0 Å². The van der Waals surface area contributed by atoms with Gasteiger partial charge in [-0.3, -0.25) is 0 Å². The highest BCUT2D eigenvalue weighted by Crippen LogP contribution is 2.30. The van der Waals surface area contributed by atoms with Crippen molar-refractivity contribution in [2.45, 2.75) is 58.4 Å². The van der Waals surface area contributed by atoms with Crippen molar-refractivity contribution < 1.29 is 0 Å². The third-order valence-electron chi connectivity index (χ3n) is 4.59. The summed E-state index contributed by atoms with van der Waals surface area (Å²) in [6, 6.07) is 0. The van der Waals surface area contributed by atoms with Crippen molar-refractivity contribution in [2.24, 2.45) is 5.92 Å². The summed E-state index contributed by atoms with van der Waals surface area (Å²) in [7, 11) is 0. The minimum absolute atomic E-state index is 0.207. The predicted octanol–water partition coefficient (Wildman–Crippen LogP) is 2.57. The third kappa shape index (κ3) is 3.54. The van der Waals surface area contributed by atoms with E-state index in [1.165, 1.54) is 36.3 Å². The molecule has 0 amide bonds. The van der Waals surface area contributed by atoms with Crippen LogP contribution in [0.25, 0.3) is 0 Å². The Morgan fingerprint density at radius 2 is 2.10 bits per heavy atom. The van der Waals surface area contributed by atoms with Gasteiger partial charge in [0, 0.05) is 36.4 Å². The Hall–Kier alpha value is -1.16. The molecule has 1 atom stereocenters. The molecule has 1 aliphatic heterocycles. The van der Waals surface area contributed by atoms with Gasteiger partial charge in [0.1, 0.15) is 12.1 Å². The van der Waals surface area contributed by atoms with E-state index in [-0.39, 0.29) is 5.54 Å². The van der Waals surface area contributed by atoms with Crippen LogP contribution in [0.15, 0.2) is 6.33 Å². The van der Waals surface area contributed by atoms with Crippen LogP contribution in [0.3, 0.4) is 0 Å². The number of piperidine rings is 1. The van der Waals surface area contributed by atoms with Crippen molar-refractivity contribution in [3.8, 4) is 0 Å². The van der Waals surface area contributed by atoms with E-state index < -0.39 is 0 Å². The van der Waals surface area contributed by atoms with Crippen LogP contribution in [-0.4, -0.2) is 35.1 Å². The van der Waals surface area contributed by atoms with Gasteiger partial charge in [-0.15, -0.1) is 0 Å².